The number of benzene rings is 1. The Morgan fingerprint density at radius 2 is 1.43 bits per heavy atom. The van der Waals surface area contributed by atoms with Crippen LogP contribution < -0.4 is 0 Å². The van der Waals surface area contributed by atoms with Crippen LogP contribution in [0.1, 0.15) is 22.8 Å². The van der Waals surface area contributed by atoms with Crippen molar-refractivity contribution in [2.24, 2.45) is 0 Å². The first-order valence-corrected chi connectivity index (χ1v) is 5.18. The Morgan fingerprint density at radius 1 is 0.952 bits per heavy atom. The summed E-state index contributed by atoms with van der Waals surface area (Å²) in [6, 6.07) is 0. The minimum atomic E-state index is -3.40. The zero-order valence-electron chi connectivity index (χ0n) is 9.94. The Bertz CT molecular complexity index is 744. The molecule has 0 N–H and O–H groups in total. The molecule has 0 saturated carbocycles. The third-order valence-corrected chi connectivity index (χ3v) is 3.17. The molecule has 4 nitrogen and oxygen atoms in total. The van der Waals surface area contributed by atoms with Crippen LogP contribution in [0.4, 0.5) is 26.3 Å². The maximum absolute atomic E-state index is 13.7. The molecule has 10 heteroatoms. The third-order valence-electron chi connectivity index (χ3n) is 3.17. The summed E-state index contributed by atoms with van der Waals surface area (Å²) in [6.45, 7) is 0.299. The van der Waals surface area contributed by atoms with Crippen LogP contribution in [0.2, 0.25) is 0 Å². The van der Waals surface area contributed by atoms with E-state index >= 15 is 0 Å². The topological polar surface area (TPSA) is 60.2 Å². The van der Waals surface area contributed by atoms with Gasteiger partial charge in [0.1, 0.15) is 0 Å². The number of Topliss-reactive ketones (excluding diaryl/α,β-unsaturated/α-hetero) is 1. The molecule has 0 spiro atoms. The Morgan fingerprint density at radius 3 is 1.90 bits per heavy atom. The SMILES string of the molecule is CC1([N+](=O)[O-])C(F)=C(F)C(=O)c2c(F)c(F)c(F)c(F)c21. The first-order chi connectivity index (χ1) is 9.56. The van der Waals surface area contributed by atoms with E-state index in [1.807, 2.05) is 0 Å². The van der Waals surface area contributed by atoms with Gasteiger partial charge in [0.05, 0.1) is 11.1 Å². The van der Waals surface area contributed by atoms with Crippen molar-refractivity contribution in [3.05, 3.63) is 56.2 Å². The lowest BCUT2D eigenvalue weighted by Crippen LogP contribution is -2.41. The van der Waals surface area contributed by atoms with Gasteiger partial charge in [-0.2, -0.15) is 8.78 Å². The van der Waals surface area contributed by atoms with Crippen LogP contribution in [-0.4, -0.2) is 10.7 Å². The average Bonchev–Trinajstić information content (AvgIpc) is 2.43. The lowest BCUT2D eigenvalue weighted by atomic mass is 9.80. The second-order valence-electron chi connectivity index (χ2n) is 4.29. The van der Waals surface area contributed by atoms with E-state index in [1.165, 1.54) is 0 Å². The van der Waals surface area contributed by atoms with Crippen molar-refractivity contribution in [2.45, 2.75) is 12.5 Å². The molecule has 0 bridgehead atoms. The summed E-state index contributed by atoms with van der Waals surface area (Å²) >= 11 is 0. The molecule has 1 aliphatic rings. The number of halogens is 6. The van der Waals surface area contributed by atoms with E-state index in [4.69, 9.17) is 0 Å². The summed E-state index contributed by atoms with van der Waals surface area (Å²) in [5.74, 6) is -16.4. The number of hydrogen-bond acceptors (Lipinski definition) is 3. The molecule has 1 aromatic rings. The van der Waals surface area contributed by atoms with Gasteiger partial charge in [0, 0.05) is 11.8 Å². The van der Waals surface area contributed by atoms with Gasteiger partial charge in [0.2, 0.25) is 17.4 Å². The van der Waals surface area contributed by atoms with E-state index in [1.54, 1.807) is 0 Å². The summed E-state index contributed by atoms with van der Waals surface area (Å²) in [7, 11) is 0. The number of carbonyl (C=O) groups excluding carboxylic acids is 1. The summed E-state index contributed by atoms with van der Waals surface area (Å²) in [5.41, 5.74) is -6.84. The monoisotopic (exact) mass is 311 g/mol. The quantitative estimate of drug-likeness (QED) is 0.263. The fourth-order valence-electron chi connectivity index (χ4n) is 2.01. The lowest BCUT2D eigenvalue weighted by Gasteiger charge is -2.26. The van der Waals surface area contributed by atoms with Crippen molar-refractivity contribution in [1.29, 1.82) is 0 Å². The zero-order valence-corrected chi connectivity index (χ0v) is 9.94. The van der Waals surface area contributed by atoms with E-state index in [0.29, 0.717) is 6.92 Å². The van der Waals surface area contributed by atoms with Crippen LogP contribution in [0.5, 0.6) is 0 Å². The molecule has 2 rings (SSSR count). The highest BCUT2D eigenvalue weighted by molar-refractivity contribution is 6.10. The average molecular weight is 311 g/mol. The Labute approximate surface area is 111 Å². The molecular formula is C11H3F6NO3. The zero-order chi connectivity index (χ0) is 16.3. The molecule has 1 unspecified atom stereocenters. The van der Waals surface area contributed by atoms with Gasteiger partial charge in [-0.3, -0.25) is 14.9 Å². The van der Waals surface area contributed by atoms with Crippen molar-refractivity contribution in [1.82, 2.24) is 0 Å². The molecule has 0 aliphatic heterocycles. The van der Waals surface area contributed by atoms with Crippen LogP contribution in [0, 0.1) is 33.4 Å². The summed E-state index contributed by atoms with van der Waals surface area (Å²) in [6.07, 6.45) is 0. The molecule has 0 aromatic heterocycles. The van der Waals surface area contributed by atoms with E-state index in [9.17, 15) is 41.3 Å². The third kappa shape index (κ3) is 1.61. The maximum Gasteiger partial charge on any atom is 0.301 e. The number of allylic oxidation sites excluding steroid dienone is 1. The molecule has 0 saturated heterocycles. The van der Waals surface area contributed by atoms with Crippen molar-refractivity contribution < 1.29 is 36.1 Å². The Kier molecular flexibility index (Phi) is 3.07. The van der Waals surface area contributed by atoms with Gasteiger partial charge in [-0.25, -0.2) is 17.6 Å². The Balaban J connectivity index is 3.08. The molecule has 1 aliphatic carbocycles. The predicted molar refractivity (Wildman–Crippen MR) is 54.2 cm³/mol. The first-order valence-electron chi connectivity index (χ1n) is 5.18. The number of fused-ring (bicyclic) bond motifs is 1. The highest BCUT2D eigenvalue weighted by Gasteiger charge is 2.57. The first kappa shape index (κ1) is 15.0. The number of ketones is 1. The predicted octanol–water partition coefficient (Wildman–Crippen LogP) is 3.08. The van der Waals surface area contributed by atoms with Crippen molar-refractivity contribution in [2.75, 3.05) is 0 Å². The van der Waals surface area contributed by atoms with Crippen LogP contribution in [-0.2, 0) is 5.54 Å². The normalized spacial score (nSPS) is 21.6. The van der Waals surface area contributed by atoms with Crippen molar-refractivity contribution in [3.63, 3.8) is 0 Å². The summed E-state index contributed by atoms with van der Waals surface area (Å²) in [4.78, 5) is 20.7. The standard InChI is InChI=1S/C11H3F6NO3/c1-11(18(20)21)3-2(9(19)8(16)10(11)17)4(12)6(14)7(15)5(3)13/h1H3. The summed E-state index contributed by atoms with van der Waals surface area (Å²) in [5, 5.41) is 10.9. The van der Waals surface area contributed by atoms with Gasteiger partial charge in [0.25, 0.3) is 0 Å². The number of hydrogen-bond donors (Lipinski definition) is 0. The van der Waals surface area contributed by atoms with Crippen LogP contribution in [0.15, 0.2) is 11.7 Å². The second-order valence-corrected chi connectivity index (χ2v) is 4.29. The fourth-order valence-corrected chi connectivity index (χ4v) is 2.01. The van der Waals surface area contributed by atoms with Crippen molar-refractivity contribution in [3.8, 4) is 0 Å². The molecule has 21 heavy (non-hydrogen) atoms. The van der Waals surface area contributed by atoms with Crippen LogP contribution in [0.25, 0.3) is 0 Å². The van der Waals surface area contributed by atoms with Gasteiger partial charge in [-0.1, -0.05) is 0 Å². The maximum atomic E-state index is 13.7. The van der Waals surface area contributed by atoms with Gasteiger partial charge in [-0.15, -0.1) is 0 Å². The highest BCUT2D eigenvalue weighted by Crippen LogP contribution is 2.45. The fraction of sp³-hybridized carbons (Fsp3) is 0.182. The molecular weight excluding hydrogens is 308 g/mol. The molecule has 0 fully saturated rings. The molecule has 1 aromatic carbocycles. The number of nitrogens with zero attached hydrogens (tertiary/aromatic N) is 1. The van der Waals surface area contributed by atoms with Gasteiger partial charge in [-0.05, 0) is 0 Å². The number of rotatable bonds is 1. The lowest BCUT2D eigenvalue weighted by molar-refractivity contribution is -0.566. The van der Waals surface area contributed by atoms with E-state index in [-0.39, 0.29) is 0 Å². The Hall–Kier alpha value is -2.39. The number of carbonyl (C=O) groups is 1. The highest BCUT2D eigenvalue weighted by atomic mass is 19.2. The molecule has 0 heterocycles. The minimum absolute atomic E-state index is 0.299. The van der Waals surface area contributed by atoms with E-state index in [2.05, 4.69) is 0 Å². The van der Waals surface area contributed by atoms with Crippen molar-refractivity contribution >= 4 is 5.78 Å². The smallest absolute Gasteiger partial charge is 0.286 e. The molecule has 112 valence electrons. The largest absolute Gasteiger partial charge is 0.301 e. The second kappa shape index (κ2) is 4.30. The summed E-state index contributed by atoms with van der Waals surface area (Å²) < 4.78 is 80.6. The van der Waals surface area contributed by atoms with Gasteiger partial charge in [0.15, 0.2) is 23.3 Å². The van der Waals surface area contributed by atoms with Gasteiger partial charge >= 0.3 is 5.54 Å². The van der Waals surface area contributed by atoms with Gasteiger partial charge < -0.3 is 0 Å². The number of nitro groups is 1. The molecule has 0 radical (unpaired) electrons. The minimum Gasteiger partial charge on any atom is -0.286 e. The van der Waals surface area contributed by atoms with Crippen LogP contribution >= 0.6 is 0 Å². The van der Waals surface area contributed by atoms with Crippen LogP contribution in [0.3, 0.4) is 0 Å². The molecule has 1 atom stereocenters. The molecule has 0 amide bonds. The van der Waals surface area contributed by atoms with E-state index in [0.717, 1.165) is 0 Å². The van der Waals surface area contributed by atoms with E-state index < -0.39 is 62.3 Å².